The summed E-state index contributed by atoms with van der Waals surface area (Å²) in [6.45, 7) is 0. The van der Waals surface area contributed by atoms with Gasteiger partial charge >= 0.3 is 11.2 Å². The van der Waals surface area contributed by atoms with Crippen molar-refractivity contribution in [2.75, 3.05) is 7.11 Å². The predicted octanol–water partition coefficient (Wildman–Crippen LogP) is 2.53. The van der Waals surface area contributed by atoms with E-state index in [1.807, 2.05) is 0 Å². The number of phenolic OH excluding ortho intramolecular Hbond substituents is 1. The van der Waals surface area contributed by atoms with E-state index in [1.54, 1.807) is 37.4 Å². The first kappa shape index (κ1) is 17.1. The highest BCUT2D eigenvalue weighted by Gasteiger charge is 2.13. The maximum Gasteiger partial charge on any atom is 0.350 e. The Kier molecular flexibility index (Phi) is 4.08. The van der Waals surface area contributed by atoms with E-state index in [1.165, 1.54) is 12.3 Å². The molecule has 0 amide bonds. The van der Waals surface area contributed by atoms with Crippen molar-refractivity contribution < 1.29 is 9.84 Å². The molecule has 0 saturated carbocycles. The van der Waals surface area contributed by atoms with E-state index in [4.69, 9.17) is 4.74 Å². The van der Waals surface area contributed by atoms with E-state index in [2.05, 4.69) is 31.0 Å². The number of H-pyrrole nitrogens is 2. The van der Waals surface area contributed by atoms with Crippen molar-refractivity contribution in [2.24, 2.45) is 5.10 Å². The van der Waals surface area contributed by atoms with Gasteiger partial charge < -0.3 is 19.8 Å². The second kappa shape index (κ2) is 6.44. The number of nitrogens with zero attached hydrogens (tertiary/aromatic N) is 2. The first-order valence-electron chi connectivity index (χ1n) is 7.85. The first-order valence-corrected chi connectivity index (χ1v) is 8.65. The molecule has 2 heterocycles. The number of fused-ring (bicyclic) bond motifs is 3. The van der Waals surface area contributed by atoms with Crippen LogP contribution in [0.15, 0.2) is 55.6 Å². The SMILES string of the molecule is COc1ccc2c(c1)[nH]c1c(=O)n(N=Cc3cc(Br)ccc3O)c(=O)[nH]c12. The molecule has 0 aliphatic carbocycles. The van der Waals surface area contributed by atoms with E-state index < -0.39 is 11.2 Å². The number of ether oxygens (including phenoxy) is 1. The van der Waals surface area contributed by atoms with Crippen molar-refractivity contribution in [2.45, 2.75) is 0 Å². The van der Waals surface area contributed by atoms with Gasteiger partial charge in [-0.2, -0.15) is 5.10 Å². The third-order valence-electron chi connectivity index (χ3n) is 4.14. The van der Waals surface area contributed by atoms with Gasteiger partial charge in [0.25, 0.3) is 0 Å². The highest BCUT2D eigenvalue weighted by molar-refractivity contribution is 9.10. The molecule has 0 aliphatic rings. The van der Waals surface area contributed by atoms with Crippen molar-refractivity contribution in [3.63, 3.8) is 0 Å². The average Bonchev–Trinajstić information content (AvgIpc) is 3.02. The number of hydrogen-bond donors (Lipinski definition) is 3. The summed E-state index contributed by atoms with van der Waals surface area (Å²) in [6.07, 6.45) is 1.24. The van der Waals surface area contributed by atoms with Crippen molar-refractivity contribution in [3.8, 4) is 11.5 Å². The lowest BCUT2D eigenvalue weighted by atomic mass is 10.2. The number of halogens is 1. The molecule has 27 heavy (non-hydrogen) atoms. The van der Waals surface area contributed by atoms with Gasteiger partial charge in [-0.1, -0.05) is 15.9 Å². The number of nitrogens with one attached hydrogen (secondary N) is 2. The lowest BCUT2D eigenvalue weighted by Gasteiger charge is -2.00. The zero-order valence-corrected chi connectivity index (χ0v) is 15.6. The lowest BCUT2D eigenvalue weighted by Crippen LogP contribution is -2.32. The fourth-order valence-corrected chi connectivity index (χ4v) is 3.18. The molecule has 0 fully saturated rings. The van der Waals surface area contributed by atoms with E-state index in [9.17, 15) is 14.7 Å². The predicted molar refractivity (Wildman–Crippen MR) is 106 cm³/mol. The third kappa shape index (κ3) is 2.91. The zero-order valence-electron chi connectivity index (χ0n) is 14.0. The Labute approximate surface area is 159 Å². The van der Waals surface area contributed by atoms with Gasteiger partial charge in [-0.15, -0.1) is 4.68 Å². The molecule has 4 rings (SSSR count). The van der Waals surface area contributed by atoms with Gasteiger partial charge in [-0.25, -0.2) is 4.79 Å². The summed E-state index contributed by atoms with van der Waals surface area (Å²) in [5.74, 6) is 0.602. The Balaban J connectivity index is 1.90. The van der Waals surface area contributed by atoms with Gasteiger partial charge in [-0.05, 0) is 30.3 Å². The molecule has 136 valence electrons. The van der Waals surface area contributed by atoms with E-state index in [0.29, 0.717) is 32.4 Å². The van der Waals surface area contributed by atoms with E-state index >= 15 is 0 Å². The van der Waals surface area contributed by atoms with Gasteiger partial charge in [0.05, 0.1) is 24.4 Å². The minimum Gasteiger partial charge on any atom is -0.507 e. The summed E-state index contributed by atoms with van der Waals surface area (Å²) in [4.78, 5) is 30.8. The van der Waals surface area contributed by atoms with Crippen LogP contribution in [-0.4, -0.2) is 33.1 Å². The van der Waals surface area contributed by atoms with Crippen LogP contribution in [0.3, 0.4) is 0 Å². The largest absolute Gasteiger partial charge is 0.507 e. The number of hydrogen-bond acceptors (Lipinski definition) is 5. The molecule has 0 bridgehead atoms. The maximum absolute atomic E-state index is 12.7. The molecule has 4 aromatic rings. The van der Waals surface area contributed by atoms with Crippen LogP contribution < -0.4 is 16.0 Å². The second-order valence-electron chi connectivity index (χ2n) is 5.78. The molecule has 0 saturated heterocycles. The molecule has 2 aromatic carbocycles. The average molecular weight is 429 g/mol. The number of aromatic hydroxyl groups is 1. The summed E-state index contributed by atoms with van der Waals surface area (Å²) in [6, 6.07) is 10.00. The van der Waals surface area contributed by atoms with Crippen LogP contribution in [0.5, 0.6) is 11.5 Å². The fourth-order valence-electron chi connectivity index (χ4n) is 2.81. The number of methoxy groups -OCH3 is 1. The van der Waals surface area contributed by atoms with Gasteiger partial charge in [0, 0.05) is 21.5 Å². The van der Waals surface area contributed by atoms with Crippen molar-refractivity contribution in [1.29, 1.82) is 0 Å². The standard InChI is InChI=1S/C18H13BrN4O4/c1-27-11-3-4-12-13(7-11)21-16-15(12)22-18(26)23(17(16)25)20-8-9-6-10(19)2-5-14(9)24/h2-8,21,24H,1H3,(H,22,26). The molecule has 9 heteroatoms. The van der Waals surface area contributed by atoms with E-state index in [0.717, 1.165) is 4.47 Å². The smallest absolute Gasteiger partial charge is 0.350 e. The summed E-state index contributed by atoms with van der Waals surface area (Å²) in [7, 11) is 1.55. The molecule has 3 N–H and O–H groups in total. The quantitative estimate of drug-likeness (QED) is 0.435. The summed E-state index contributed by atoms with van der Waals surface area (Å²) in [5, 5.41) is 14.5. The van der Waals surface area contributed by atoms with Crippen molar-refractivity contribution in [1.82, 2.24) is 14.6 Å². The van der Waals surface area contributed by atoms with Crippen LogP contribution in [0.1, 0.15) is 5.56 Å². The van der Waals surface area contributed by atoms with Crippen LogP contribution in [-0.2, 0) is 0 Å². The van der Waals surface area contributed by atoms with Crippen molar-refractivity contribution in [3.05, 3.63) is 67.3 Å². The van der Waals surface area contributed by atoms with Gasteiger partial charge in [0.1, 0.15) is 17.0 Å². The van der Waals surface area contributed by atoms with Crippen LogP contribution >= 0.6 is 15.9 Å². The Morgan fingerprint density at radius 3 is 2.74 bits per heavy atom. The number of aromatic amines is 2. The molecule has 8 nitrogen and oxygen atoms in total. The minimum atomic E-state index is -0.685. The highest BCUT2D eigenvalue weighted by atomic mass is 79.9. The van der Waals surface area contributed by atoms with Crippen LogP contribution in [0.25, 0.3) is 21.9 Å². The second-order valence-corrected chi connectivity index (χ2v) is 6.70. The van der Waals surface area contributed by atoms with Crippen LogP contribution in [0, 0.1) is 0 Å². The van der Waals surface area contributed by atoms with Gasteiger partial charge in [-0.3, -0.25) is 4.79 Å². The minimum absolute atomic E-state index is 0.0230. The summed E-state index contributed by atoms with van der Waals surface area (Å²) in [5.41, 5.74) is 0.345. The third-order valence-corrected chi connectivity index (χ3v) is 4.63. The number of aromatic nitrogens is 3. The molecular formula is C18H13BrN4O4. The molecular weight excluding hydrogens is 416 g/mol. The fraction of sp³-hybridized carbons (Fsp3) is 0.0556. The zero-order chi connectivity index (χ0) is 19.1. The topological polar surface area (TPSA) is 112 Å². The highest BCUT2D eigenvalue weighted by Crippen LogP contribution is 2.25. The first-order chi connectivity index (χ1) is 13.0. The normalized spacial score (nSPS) is 11.6. The number of benzene rings is 2. The monoisotopic (exact) mass is 428 g/mol. The van der Waals surface area contributed by atoms with Crippen LogP contribution in [0.4, 0.5) is 0 Å². The maximum atomic E-state index is 12.7. The molecule has 0 atom stereocenters. The molecule has 0 aliphatic heterocycles. The Morgan fingerprint density at radius 2 is 1.96 bits per heavy atom. The molecule has 2 aromatic heterocycles. The molecule has 0 radical (unpaired) electrons. The van der Waals surface area contributed by atoms with Crippen LogP contribution in [0.2, 0.25) is 0 Å². The number of rotatable bonds is 3. The molecule has 0 spiro atoms. The van der Waals surface area contributed by atoms with Gasteiger partial charge in [0.15, 0.2) is 0 Å². The Bertz CT molecular complexity index is 1330. The summed E-state index contributed by atoms with van der Waals surface area (Å²) < 4.78 is 6.61. The summed E-state index contributed by atoms with van der Waals surface area (Å²) >= 11 is 3.29. The lowest BCUT2D eigenvalue weighted by molar-refractivity contribution is 0.415. The Morgan fingerprint density at radius 1 is 1.15 bits per heavy atom. The molecule has 0 unspecified atom stereocenters. The van der Waals surface area contributed by atoms with Gasteiger partial charge in [0.2, 0.25) is 0 Å². The van der Waals surface area contributed by atoms with Crippen molar-refractivity contribution >= 4 is 44.1 Å². The Hall–Kier alpha value is -3.33. The van der Waals surface area contributed by atoms with E-state index in [-0.39, 0.29) is 11.3 Å². The number of phenols is 1.